The Balaban J connectivity index is 0.00000264. The number of nitrogens with zero attached hydrogens (tertiary/aromatic N) is 1. The van der Waals surface area contributed by atoms with Crippen molar-refractivity contribution in [3.63, 3.8) is 0 Å². The molecule has 4 N–H and O–H groups in total. The van der Waals surface area contributed by atoms with Gasteiger partial charge in [0, 0.05) is 18.2 Å². The van der Waals surface area contributed by atoms with E-state index in [1.807, 2.05) is 31.2 Å². The maximum atomic E-state index is 11.8. The van der Waals surface area contributed by atoms with E-state index in [2.05, 4.69) is 15.6 Å². The van der Waals surface area contributed by atoms with Crippen molar-refractivity contribution in [1.29, 1.82) is 0 Å². The van der Waals surface area contributed by atoms with Crippen molar-refractivity contribution in [3.05, 3.63) is 29.8 Å². The van der Waals surface area contributed by atoms with E-state index in [1.54, 1.807) is 0 Å². The molecule has 0 atom stereocenters. The highest BCUT2D eigenvalue weighted by molar-refractivity contribution is 14.0. The maximum Gasteiger partial charge on any atom is 0.222 e. The minimum absolute atomic E-state index is 0. The summed E-state index contributed by atoms with van der Waals surface area (Å²) in [5.74, 6) is 0.410. The molecule has 6 heteroatoms. The second kappa shape index (κ2) is 10.5. The number of rotatable bonds is 5. The highest BCUT2D eigenvalue weighted by Gasteiger charge is 2.15. The Morgan fingerprint density at radius 1 is 1.22 bits per heavy atom. The zero-order valence-electron chi connectivity index (χ0n) is 13.7. The Bertz CT molecular complexity index is 510. The number of nitrogens with one attached hydrogen (secondary N) is 2. The lowest BCUT2D eigenvalue weighted by Crippen LogP contribution is -2.36. The van der Waals surface area contributed by atoms with Gasteiger partial charge in [-0.2, -0.15) is 0 Å². The molecular formula is C17H27IN4O. The Kier molecular flexibility index (Phi) is 8.98. The quantitative estimate of drug-likeness (QED) is 0.382. The van der Waals surface area contributed by atoms with Gasteiger partial charge in [-0.15, -0.1) is 24.0 Å². The van der Waals surface area contributed by atoms with E-state index in [0.29, 0.717) is 25.0 Å². The fourth-order valence-corrected chi connectivity index (χ4v) is 2.65. The number of aliphatic imine (C=N–C) groups is 1. The van der Waals surface area contributed by atoms with Crippen LogP contribution in [0, 0.1) is 6.92 Å². The molecule has 0 bridgehead atoms. The molecule has 128 valence electrons. The van der Waals surface area contributed by atoms with E-state index < -0.39 is 0 Å². The predicted molar refractivity (Wildman–Crippen MR) is 106 cm³/mol. The van der Waals surface area contributed by atoms with Crippen molar-refractivity contribution >= 4 is 41.5 Å². The lowest BCUT2D eigenvalue weighted by atomic mass is 9.95. The van der Waals surface area contributed by atoms with E-state index in [4.69, 9.17) is 5.73 Å². The second-order valence-electron chi connectivity index (χ2n) is 5.91. The summed E-state index contributed by atoms with van der Waals surface area (Å²) >= 11 is 0. The largest absolute Gasteiger partial charge is 0.370 e. The number of aryl methyl sites for hydroxylation is 1. The van der Waals surface area contributed by atoms with Crippen LogP contribution in [0.2, 0.25) is 0 Å². The molecule has 1 aliphatic rings. The number of hydrogen-bond donors (Lipinski definition) is 3. The lowest BCUT2D eigenvalue weighted by Gasteiger charge is -2.22. The molecule has 23 heavy (non-hydrogen) atoms. The number of halogens is 1. The van der Waals surface area contributed by atoms with Crippen LogP contribution in [0.15, 0.2) is 29.3 Å². The Morgan fingerprint density at radius 2 is 1.87 bits per heavy atom. The number of nitrogens with two attached hydrogens (primary N) is 1. The normalized spacial score (nSPS) is 15.6. The van der Waals surface area contributed by atoms with Crippen molar-refractivity contribution in [2.75, 3.05) is 11.9 Å². The van der Waals surface area contributed by atoms with Gasteiger partial charge in [-0.1, -0.05) is 37.0 Å². The second-order valence-corrected chi connectivity index (χ2v) is 5.91. The standard InChI is InChI=1S/C17H26N4O.HI/c1-13-7-9-15(10-8-13)21-17(18)19-12-11-16(22)20-14-5-3-2-4-6-14;/h7-10,14H,2-6,11-12H2,1H3,(H,20,22)(H3,18,19,21);1H. The van der Waals surface area contributed by atoms with Crippen LogP contribution in [-0.2, 0) is 4.79 Å². The third-order valence-electron chi connectivity index (χ3n) is 3.92. The fourth-order valence-electron chi connectivity index (χ4n) is 2.65. The number of benzene rings is 1. The summed E-state index contributed by atoms with van der Waals surface area (Å²) in [5.41, 5.74) is 7.92. The molecule has 0 unspecified atom stereocenters. The summed E-state index contributed by atoms with van der Waals surface area (Å²) < 4.78 is 0. The molecule has 5 nitrogen and oxygen atoms in total. The summed E-state index contributed by atoms with van der Waals surface area (Å²) in [5, 5.41) is 6.10. The van der Waals surface area contributed by atoms with Crippen molar-refractivity contribution in [3.8, 4) is 0 Å². The Hall–Kier alpha value is -1.31. The minimum Gasteiger partial charge on any atom is -0.370 e. The number of guanidine groups is 1. The van der Waals surface area contributed by atoms with E-state index in [-0.39, 0.29) is 29.9 Å². The van der Waals surface area contributed by atoms with Crippen LogP contribution in [0.5, 0.6) is 0 Å². The zero-order chi connectivity index (χ0) is 15.8. The molecule has 0 spiro atoms. The van der Waals surface area contributed by atoms with Crippen molar-refractivity contribution < 1.29 is 4.79 Å². The van der Waals surface area contributed by atoms with Gasteiger partial charge in [0.25, 0.3) is 0 Å². The van der Waals surface area contributed by atoms with E-state index in [9.17, 15) is 4.79 Å². The Labute approximate surface area is 155 Å². The summed E-state index contributed by atoms with van der Waals surface area (Å²) in [6, 6.07) is 8.27. The van der Waals surface area contributed by atoms with Crippen molar-refractivity contribution in [2.45, 2.75) is 51.5 Å². The average Bonchev–Trinajstić information content (AvgIpc) is 2.50. The van der Waals surface area contributed by atoms with Gasteiger partial charge in [0.15, 0.2) is 5.96 Å². The lowest BCUT2D eigenvalue weighted by molar-refractivity contribution is -0.121. The summed E-state index contributed by atoms with van der Waals surface area (Å²) in [6.45, 7) is 2.44. The van der Waals surface area contributed by atoms with Gasteiger partial charge in [-0.05, 0) is 31.9 Å². The van der Waals surface area contributed by atoms with Crippen LogP contribution in [0.3, 0.4) is 0 Å². The minimum atomic E-state index is 0. The van der Waals surface area contributed by atoms with Gasteiger partial charge in [0.1, 0.15) is 0 Å². The number of carbonyl (C=O) groups excluding carboxylic acids is 1. The van der Waals surface area contributed by atoms with Crippen LogP contribution < -0.4 is 16.4 Å². The highest BCUT2D eigenvalue weighted by atomic mass is 127. The summed E-state index contributed by atoms with van der Waals surface area (Å²) in [7, 11) is 0. The first-order chi connectivity index (χ1) is 10.6. The van der Waals surface area contributed by atoms with E-state index >= 15 is 0 Å². The van der Waals surface area contributed by atoms with Gasteiger partial charge in [0.05, 0.1) is 6.54 Å². The van der Waals surface area contributed by atoms with Crippen LogP contribution in [0.1, 0.15) is 44.1 Å². The van der Waals surface area contributed by atoms with Gasteiger partial charge in [-0.25, -0.2) is 0 Å². The maximum absolute atomic E-state index is 11.8. The van der Waals surface area contributed by atoms with E-state index in [1.165, 1.54) is 24.8 Å². The molecule has 0 radical (unpaired) electrons. The molecule has 0 aliphatic heterocycles. The van der Waals surface area contributed by atoms with Gasteiger partial charge >= 0.3 is 0 Å². The first-order valence-corrected chi connectivity index (χ1v) is 8.06. The fraction of sp³-hybridized carbons (Fsp3) is 0.529. The SMILES string of the molecule is Cc1ccc(NC(N)=NCCC(=O)NC2CCCCC2)cc1.I. The first-order valence-electron chi connectivity index (χ1n) is 8.06. The van der Waals surface area contributed by atoms with Crippen LogP contribution in [0.25, 0.3) is 0 Å². The Morgan fingerprint density at radius 3 is 2.52 bits per heavy atom. The van der Waals surface area contributed by atoms with Crippen LogP contribution >= 0.6 is 24.0 Å². The molecule has 1 amide bonds. The molecule has 2 rings (SSSR count). The first kappa shape index (κ1) is 19.7. The molecule has 1 aliphatic carbocycles. The van der Waals surface area contributed by atoms with Gasteiger partial charge in [-0.3, -0.25) is 9.79 Å². The highest BCUT2D eigenvalue weighted by Crippen LogP contribution is 2.17. The smallest absolute Gasteiger partial charge is 0.222 e. The molecule has 0 saturated heterocycles. The molecule has 1 aromatic carbocycles. The number of hydrogen-bond acceptors (Lipinski definition) is 2. The summed E-state index contributed by atoms with van der Waals surface area (Å²) in [6.07, 6.45) is 6.32. The summed E-state index contributed by atoms with van der Waals surface area (Å²) in [4.78, 5) is 16.0. The third-order valence-corrected chi connectivity index (χ3v) is 3.92. The molecule has 1 fully saturated rings. The topological polar surface area (TPSA) is 79.5 Å². The van der Waals surface area contributed by atoms with Crippen LogP contribution in [-0.4, -0.2) is 24.5 Å². The molecule has 1 saturated carbocycles. The number of amides is 1. The van der Waals surface area contributed by atoms with Gasteiger partial charge in [0.2, 0.25) is 5.91 Å². The number of anilines is 1. The molecular weight excluding hydrogens is 403 g/mol. The van der Waals surface area contributed by atoms with Gasteiger partial charge < -0.3 is 16.4 Å². The zero-order valence-corrected chi connectivity index (χ0v) is 16.0. The third kappa shape index (κ3) is 7.67. The number of carbonyl (C=O) groups is 1. The predicted octanol–water partition coefficient (Wildman–Crippen LogP) is 3.18. The average molecular weight is 430 g/mol. The van der Waals surface area contributed by atoms with Crippen LogP contribution in [0.4, 0.5) is 5.69 Å². The molecule has 1 aromatic rings. The molecule has 0 heterocycles. The van der Waals surface area contributed by atoms with Crippen molar-refractivity contribution in [2.24, 2.45) is 10.7 Å². The van der Waals surface area contributed by atoms with Crippen molar-refractivity contribution in [1.82, 2.24) is 5.32 Å². The van der Waals surface area contributed by atoms with E-state index in [0.717, 1.165) is 18.5 Å². The monoisotopic (exact) mass is 430 g/mol. The molecule has 0 aromatic heterocycles.